The first-order chi connectivity index (χ1) is 13.2. The van der Waals surface area contributed by atoms with Crippen LogP contribution in [-0.2, 0) is 6.42 Å². The third-order valence-electron chi connectivity index (χ3n) is 5.03. The van der Waals surface area contributed by atoms with Gasteiger partial charge in [-0.05, 0) is 44.4 Å². The van der Waals surface area contributed by atoms with Gasteiger partial charge in [0.25, 0.3) is 5.91 Å². The molecule has 1 unspecified atom stereocenters. The molecule has 3 rings (SSSR count). The molecule has 0 saturated heterocycles. The molecule has 0 aliphatic rings. The molecule has 2 heterocycles. The first-order valence-corrected chi connectivity index (χ1v) is 9.06. The summed E-state index contributed by atoms with van der Waals surface area (Å²) in [6.07, 6.45) is 1.37. The van der Waals surface area contributed by atoms with Crippen LogP contribution in [0.25, 0.3) is 5.65 Å². The second kappa shape index (κ2) is 7.59. The van der Waals surface area contributed by atoms with Crippen molar-refractivity contribution in [3.05, 3.63) is 64.4 Å². The maximum absolute atomic E-state index is 13.1. The lowest BCUT2D eigenvalue weighted by molar-refractivity contribution is 0.0824. The summed E-state index contributed by atoms with van der Waals surface area (Å²) in [5.74, 6) is -0.674. The van der Waals surface area contributed by atoms with Gasteiger partial charge in [0.05, 0.1) is 17.4 Å². The molecule has 0 bridgehead atoms. The third kappa shape index (κ3) is 3.57. The number of amides is 1. The Morgan fingerprint density at radius 2 is 1.89 bits per heavy atom. The summed E-state index contributed by atoms with van der Waals surface area (Å²) in [6.45, 7) is 3.71. The molecule has 0 radical (unpaired) electrons. The van der Waals surface area contributed by atoms with E-state index >= 15 is 0 Å². The number of carbonyl (C=O) groups is 1. The third-order valence-corrected chi connectivity index (χ3v) is 5.03. The Kier molecular flexibility index (Phi) is 5.38. The van der Waals surface area contributed by atoms with Crippen LogP contribution in [0.5, 0.6) is 5.75 Å². The topological polar surface area (TPSA) is 78.1 Å². The van der Waals surface area contributed by atoms with Gasteiger partial charge in [0, 0.05) is 31.5 Å². The molecular weight excluding hydrogens is 361 g/mol. The maximum atomic E-state index is 13.1. The highest BCUT2D eigenvalue weighted by atomic mass is 19.1. The van der Waals surface area contributed by atoms with Gasteiger partial charge in [-0.2, -0.15) is 0 Å². The average molecular weight is 385 g/mol. The van der Waals surface area contributed by atoms with E-state index in [2.05, 4.69) is 4.98 Å². The zero-order chi connectivity index (χ0) is 20.6. The molecule has 1 amide bonds. The number of halogens is 1. The fraction of sp³-hybridized carbons (Fsp3) is 0.333. The Bertz CT molecular complexity index is 1030. The van der Waals surface area contributed by atoms with E-state index in [0.717, 1.165) is 11.4 Å². The smallest absolute Gasteiger partial charge is 0.255 e. The summed E-state index contributed by atoms with van der Waals surface area (Å²) in [4.78, 5) is 18.5. The van der Waals surface area contributed by atoms with Crippen LogP contribution < -0.4 is 0 Å². The Labute approximate surface area is 162 Å². The van der Waals surface area contributed by atoms with Crippen LogP contribution in [0, 0.1) is 19.7 Å². The van der Waals surface area contributed by atoms with Crippen LogP contribution in [0.15, 0.2) is 30.5 Å². The van der Waals surface area contributed by atoms with Crippen molar-refractivity contribution in [1.82, 2.24) is 14.3 Å². The van der Waals surface area contributed by atoms with Crippen LogP contribution >= 0.6 is 0 Å². The van der Waals surface area contributed by atoms with E-state index in [9.17, 15) is 19.4 Å². The Morgan fingerprint density at radius 3 is 2.50 bits per heavy atom. The molecule has 0 saturated carbocycles. The van der Waals surface area contributed by atoms with Crippen LogP contribution in [0.4, 0.5) is 4.39 Å². The number of aromatic hydroxyl groups is 1. The van der Waals surface area contributed by atoms with E-state index in [1.807, 2.05) is 13.8 Å². The van der Waals surface area contributed by atoms with E-state index in [0.29, 0.717) is 22.3 Å². The summed E-state index contributed by atoms with van der Waals surface area (Å²) >= 11 is 0. The van der Waals surface area contributed by atoms with Crippen molar-refractivity contribution in [2.45, 2.75) is 32.8 Å². The molecule has 0 fully saturated rings. The van der Waals surface area contributed by atoms with Gasteiger partial charge in [0.2, 0.25) is 0 Å². The number of fused-ring (bicyclic) bond motifs is 1. The molecule has 0 aliphatic carbocycles. The second-order valence-electron chi connectivity index (χ2n) is 7.15. The van der Waals surface area contributed by atoms with Gasteiger partial charge in [-0.3, -0.25) is 4.79 Å². The van der Waals surface area contributed by atoms with E-state index in [1.54, 1.807) is 24.7 Å². The van der Waals surface area contributed by atoms with Crippen LogP contribution in [-0.4, -0.2) is 44.5 Å². The van der Waals surface area contributed by atoms with Crippen LogP contribution in [0.3, 0.4) is 0 Å². The van der Waals surface area contributed by atoms with Crippen molar-refractivity contribution in [2.75, 3.05) is 14.1 Å². The van der Waals surface area contributed by atoms with Crippen molar-refractivity contribution >= 4 is 11.6 Å². The van der Waals surface area contributed by atoms with Gasteiger partial charge in [-0.1, -0.05) is 12.1 Å². The first-order valence-electron chi connectivity index (χ1n) is 9.06. The largest absolute Gasteiger partial charge is 0.504 e. The molecule has 1 atom stereocenters. The summed E-state index contributed by atoms with van der Waals surface area (Å²) < 4.78 is 14.8. The van der Waals surface area contributed by atoms with Crippen LogP contribution in [0.1, 0.15) is 45.4 Å². The molecule has 7 heteroatoms. The highest BCUT2D eigenvalue weighted by molar-refractivity contribution is 5.96. The SMILES string of the molecule is Cc1nc2c(O)c(CCC(O)c3ccc(F)cc3)c(C(=O)N(C)C)cn2c1C. The molecular formula is C21H24FN3O3. The minimum absolute atomic E-state index is 0.0600. The predicted molar refractivity (Wildman–Crippen MR) is 104 cm³/mol. The zero-order valence-corrected chi connectivity index (χ0v) is 16.4. The van der Waals surface area contributed by atoms with Gasteiger partial charge in [0.15, 0.2) is 11.4 Å². The number of aromatic nitrogens is 2. The number of hydrogen-bond acceptors (Lipinski definition) is 4. The maximum Gasteiger partial charge on any atom is 0.255 e. The van der Waals surface area contributed by atoms with Crippen molar-refractivity contribution in [1.29, 1.82) is 0 Å². The summed E-state index contributed by atoms with van der Waals surface area (Å²) in [7, 11) is 3.29. The summed E-state index contributed by atoms with van der Waals surface area (Å²) in [5, 5.41) is 21.3. The van der Waals surface area contributed by atoms with E-state index in [1.165, 1.54) is 29.2 Å². The number of imidazole rings is 1. The summed E-state index contributed by atoms with van der Waals surface area (Å²) in [6, 6.07) is 5.63. The predicted octanol–water partition coefficient (Wildman–Crippen LogP) is 3.16. The number of pyridine rings is 1. The first kappa shape index (κ1) is 19.8. The van der Waals surface area contributed by atoms with Gasteiger partial charge in [-0.25, -0.2) is 9.37 Å². The van der Waals surface area contributed by atoms with Crippen molar-refractivity contribution < 1.29 is 19.4 Å². The lowest BCUT2D eigenvalue weighted by Gasteiger charge is -2.18. The van der Waals surface area contributed by atoms with Crippen molar-refractivity contribution in [3.63, 3.8) is 0 Å². The van der Waals surface area contributed by atoms with E-state index in [4.69, 9.17) is 0 Å². The normalized spacial score (nSPS) is 12.4. The number of aliphatic hydroxyl groups excluding tert-OH is 1. The van der Waals surface area contributed by atoms with Gasteiger partial charge in [0.1, 0.15) is 5.82 Å². The molecule has 2 N–H and O–H groups in total. The molecule has 2 aromatic heterocycles. The number of rotatable bonds is 5. The van der Waals surface area contributed by atoms with E-state index < -0.39 is 6.10 Å². The van der Waals surface area contributed by atoms with Crippen LogP contribution in [0.2, 0.25) is 0 Å². The molecule has 0 spiro atoms. The molecule has 3 aromatic rings. The molecule has 0 aliphatic heterocycles. The van der Waals surface area contributed by atoms with Gasteiger partial charge in [-0.15, -0.1) is 0 Å². The zero-order valence-electron chi connectivity index (χ0n) is 16.4. The lowest BCUT2D eigenvalue weighted by Crippen LogP contribution is -2.24. The molecule has 28 heavy (non-hydrogen) atoms. The number of benzene rings is 1. The lowest BCUT2D eigenvalue weighted by atomic mass is 9.98. The Morgan fingerprint density at radius 1 is 1.25 bits per heavy atom. The number of nitrogens with zero attached hydrogens (tertiary/aromatic N) is 3. The number of aliphatic hydroxyl groups is 1. The summed E-state index contributed by atoms with van der Waals surface area (Å²) in [5.41, 5.74) is 3.38. The highest BCUT2D eigenvalue weighted by Gasteiger charge is 2.23. The Hall–Kier alpha value is -2.93. The van der Waals surface area contributed by atoms with Crippen molar-refractivity contribution in [2.24, 2.45) is 0 Å². The molecule has 6 nitrogen and oxygen atoms in total. The number of aryl methyl sites for hydroxylation is 2. The standard InChI is InChI=1S/C21H24FN3O3/c1-12-13(2)25-11-17(21(28)24(3)4)16(19(27)20(25)23-12)9-10-18(26)14-5-7-15(22)8-6-14/h5-8,11,18,26-27H,9-10H2,1-4H3. The van der Waals surface area contributed by atoms with E-state index in [-0.39, 0.29) is 30.3 Å². The number of hydrogen-bond donors (Lipinski definition) is 2. The van der Waals surface area contributed by atoms with Gasteiger partial charge < -0.3 is 19.5 Å². The second-order valence-corrected chi connectivity index (χ2v) is 7.15. The fourth-order valence-corrected chi connectivity index (χ4v) is 3.23. The quantitative estimate of drug-likeness (QED) is 0.707. The minimum atomic E-state index is -0.846. The Balaban J connectivity index is 2.00. The minimum Gasteiger partial charge on any atom is -0.504 e. The molecule has 1 aromatic carbocycles. The average Bonchev–Trinajstić information content (AvgIpc) is 2.95. The van der Waals surface area contributed by atoms with Crippen molar-refractivity contribution in [3.8, 4) is 5.75 Å². The number of carbonyl (C=O) groups excluding carboxylic acids is 1. The highest BCUT2D eigenvalue weighted by Crippen LogP contribution is 2.32. The van der Waals surface area contributed by atoms with Gasteiger partial charge >= 0.3 is 0 Å². The molecule has 148 valence electrons. The monoisotopic (exact) mass is 385 g/mol. The fourth-order valence-electron chi connectivity index (χ4n) is 3.23.